The van der Waals surface area contributed by atoms with E-state index in [0.29, 0.717) is 19.5 Å². The molecule has 2 rings (SSSR count). The summed E-state index contributed by atoms with van der Waals surface area (Å²) in [5.74, 6) is -0.817. The molecular weight excluding hydrogens is 236 g/mol. The third kappa shape index (κ3) is 2.58. The normalized spacial score (nSPS) is 25.9. The molecule has 2 aliphatic rings. The van der Waals surface area contributed by atoms with Crippen LogP contribution in [0, 0.1) is 0 Å². The molecule has 0 bridgehead atoms. The largest absolute Gasteiger partial charge is 0.480 e. The maximum Gasteiger partial charge on any atom is 0.410 e. The van der Waals surface area contributed by atoms with Gasteiger partial charge in [-0.15, -0.1) is 0 Å². The molecular formula is C12H20N2O4. The monoisotopic (exact) mass is 256 g/mol. The number of rotatable bonds is 1. The van der Waals surface area contributed by atoms with Crippen LogP contribution in [0.15, 0.2) is 0 Å². The van der Waals surface area contributed by atoms with E-state index < -0.39 is 17.6 Å². The Morgan fingerprint density at radius 1 is 1.39 bits per heavy atom. The van der Waals surface area contributed by atoms with Crippen LogP contribution in [0.5, 0.6) is 0 Å². The molecule has 2 fully saturated rings. The summed E-state index contributed by atoms with van der Waals surface area (Å²) in [6.45, 7) is 6.55. The van der Waals surface area contributed by atoms with Gasteiger partial charge in [0, 0.05) is 13.1 Å². The zero-order valence-electron chi connectivity index (χ0n) is 11.0. The second-order valence-electron chi connectivity index (χ2n) is 6.19. The van der Waals surface area contributed by atoms with Crippen LogP contribution in [-0.2, 0) is 9.53 Å². The highest BCUT2D eigenvalue weighted by atomic mass is 16.6. The molecule has 1 atom stereocenters. The van der Waals surface area contributed by atoms with Crippen molar-refractivity contribution in [2.24, 2.45) is 0 Å². The number of nitrogens with one attached hydrogen (secondary N) is 1. The van der Waals surface area contributed by atoms with Crippen molar-refractivity contribution in [2.75, 3.05) is 13.1 Å². The van der Waals surface area contributed by atoms with Crippen LogP contribution in [-0.4, -0.2) is 52.3 Å². The molecule has 0 aromatic heterocycles. The summed E-state index contributed by atoms with van der Waals surface area (Å²) in [5, 5.41) is 12.0. The number of likely N-dealkylation sites (tertiary alicyclic amines) is 1. The summed E-state index contributed by atoms with van der Waals surface area (Å²) in [7, 11) is 0. The zero-order chi connectivity index (χ0) is 13.6. The fourth-order valence-corrected chi connectivity index (χ4v) is 2.51. The highest BCUT2D eigenvalue weighted by Crippen LogP contribution is 2.33. The van der Waals surface area contributed by atoms with Crippen molar-refractivity contribution in [2.45, 2.75) is 50.8 Å². The SMILES string of the molecule is CC(C)(C)OC(=O)N1CC2(CCC(C(=O)O)N2)C1. The maximum atomic E-state index is 11.8. The van der Waals surface area contributed by atoms with Crippen molar-refractivity contribution in [1.29, 1.82) is 0 Å². The van der Waals surface area contributed by atoms with Crippen LogP contribution >= 0.6 is 0 Å². The molecule has 6 nitrogen and oxygen atoms in total. The van der Waals surface area contributed by atoms with E-state index in [1.54, 1.807) is 4.90 Å². The summed E-state index contributed by atoms with van der Waals surface area (Å²) in [4.78, 5) is 24.2. The molecule has 1 spiro atoms. The minimum atomic E-state index is -0.817. The Kier molecular flexibility index (Phi) is 3.01. The lowest BCUT2D eigenvalue weighted by atomic mass is 9.89. The number of amides is 1. The van der Waals surface area contributed by atoms with Crippen molar-refractivity contribution in [3.8, 4) is 0 Å². The van der Waals surface area contributed by atoms with Gasteiger partial charge in [0.1, 0.15) is 11.6 Å². The number of hydrogen-bond donors (Lipinski definition) is 2. The third-order valence-corrected chi connectivity index (χ3v) is 3.33. The Hall–Kier alpha value is -1.30. The highest BCUT2D eigenvalue weighted by Gasteiger charge is 2.51. The predicted octanol–water partition coefficient (Wildman–Crippen LogP) is 0.812. The standard InChI is InChI=1S/C12H20N2O4/c1-11(2,3)18-10(17)14-6-12(7-14)5-4-8(13-12)9(15)16/h8,13H,4-7H2,1-3H3,(H,15,16). The number of carboxylic acids is 1. The van der Waals surface area contributed by atoms with Gasteiger partial charge in [-0.2, -0.15) is 0 Å². The van der Waals surface area contributed by atoms with E-state index in [1.807, 2.05) is 20.8 Å². The zero-order valence-corrected chi connectivity index (χ0v) is 11.0. The molecule has 2 saturated heterocycles. The van der Waals surface area contributed by atoms with E-state index in [9.17, 15) is 9.59 Å². The first-order valence-electron chi connectivity index (χ1n) is 6.19. The molecule has 1 unspecified atom stereocenters. The summed E-state index contributed by atoms with van der Waals surface area (Å²) in [5.41, 5.74) is -0.702. The van der Waals surface area contributed by atoms with E-state index >= 15 is 0 Å². The Morgan fingerprint density at radius 2 is 2.00 bits per heavy atom. The van der Waals surface area contributed by atoms with E-state index in [4.69, 9.17) is 9.84 Å². The average molecular weight is 256 g/mol. The second-order valence-corrected chi connectivity index (χ2v) is 6.19. The van der Waals surface area contributed by atoms with Gasteiger partial charge >= 0.3 is 12.1 Å². The molecule has 18 heavy (non-hydrogen) atoms. The minimum absolute atomic E-state index is 0.208. The van der Waals surface area contributed by atoms with Crippen LogP contribution in [0.3, 0.4) is 0 Å². The Morgan fingerprint density at radius 3 is 2.44 bits per heavy atom. The molecule has 0 radical (unpaired) electrons. The smallest absolute Gasteiger partial charge is 0.410 e. The van der Waals surface area contributed by atoms with Gasteiger partial charge in [-0.3, -0.25) is 10.1 Å². The van der Waals surface area contributed by atoms with Crippen LogP contribution in [0.2, 0.25) is 0 Å². The molecule has 0 aliphatic carbocycles. The molecule has 2 heterocycles. The van der Waals surface area contributed by atoms with E-state index in [-0.39, 0.29) is 11.6 Å². The fourth-order valence-electron chi connectivity index (χ4n) is 2.51. The fraction of sp³-hybridized carbons (Fsp3) is 0.833. The van der Waals surface area contributed by atoms with Gasteiger partial charge < -0.3 is 14.7 Å². The van der Waals surface area contributed by atoms with Gasteiger partial charge in [-0.05, 0) is 33.6 Å². The number of nitrogens with zero attached hydrogens (tertiary/aromatic N) is 1. The Labute approximate surface area is 106 Å². The first kappa shape index (κ1) is 13.1. The average Bonchev–Trinajstić information content (AvgIpc) is 2.56. The summed E-state index contributed by atoms with van der Waals surface area (Å²) in [6, 6.07) is -0.481. The lowest BCUT2D eigenvalue weighted by Crippen LogP contribution is -2.69. The van der Waals surface area contributed by atoms with Gasteiger partial charge in [0.05, 0.1) is 5.54 Å². The first-order valence-corrected chi connectivity index (χ1v) is 6.19. The van der Waals surface area contributed by atoms with Gasteiger partial charge in [0.15, 0.2) is 0 Å². The molecule has 1 amide bonds. The van der Waals surface area contributed by atoms with E-state index in [1.165, 1.54) is 0 Å². The highest BCUT2D eigenvalue weighted by molar-refractivity contribution is 5.75. The number of ether oxygens (including phenoxy) is 1. The number of carbonyl (C=O) groups is 2. The first-order chi connectivity index (χ1) is 8.21. The van der Waals surface area contributed by atoms with Gasteiger partial charge in [-0.25, -0.2) is 4.79 Å². The molecule has 6 heteroatoms. The quantitative estimate of drug-likeness (QED) is 0.726. The van der Waals surface area contributed by atoms with Gasteiger partial charge in [0.25, 0.3) is 0 Å². The lowest BCUT2D eigenvalue weighted by Gasteiger charge is -2.48. The predicted molar refractivity (Wildman–Crippen MR) is 64.3 cm³/mol. The van der Waals surface area contributed by atoms with Crippen LogP contribution in [0.25, 0.3) is 0 Å². The Balaban J connectivity index is 1.84. The maximum absolute atomic E-state index is 11.8. The van der Waals surface area contributed by atoms with Crippen LogP contribution in [0.1, 0.15) is 33.6 Å². The number of hydrogen-bond acceptors (Lipinski definition) is 4. The molecule has 0 aromatic carbocycles. The number of aliphatic carboxylic acids is 1. The number of carboxylic acid groups (broad SMARTS) is 1. The molecule has 2 N–H and O–H groups in total. The van der Waals surface area contributed by atoms with Crippen molar-refractivity contribution < 1.29 is 19.4 Å². The molecule has 0 saturated carbocycles. The van der Waals surface area contributed by atoms with E-state index in [2.05, 4.69) is 5.32 Å². The molecule has 102 valence electrons. The minimum Gasteiger partial charge on any atom is -0.480 e. The molecule has 2 aliphatic heterocycles. The van der Waals surface area contributed by atoms with Crippen molar-refractivity contribution >= 4 is 12.1 Å². The number of carbonyl (C=O) groups excluding carboxylic acids is 1. The van der Waals surface area contributed by atoms with Crippen LogP contribution in [0.4, 0.5) is 4.79 Å². The van der Waals surface area contributed by atoms with Crippen molar-refractivity contribution in [3.63, 3.8) is 0 Å². The Bertz CT molecular complexity index is 369. The van der Waals surface area contributed by atoms with Crippen LogP contribution < -0.4 is 5.32 Å². The summed E-state index contributed by atoms with van der Waals surface area (Å²) < 4.78 is 5.26. The topological polar surface area (TPSA) is 78.9 Å². The molecule has 0 aromatic rings. The van der Waals surface area contributed by atoms with E-state index in [0.717, 1.165) is 6.42 Å². The third-order valence-electron chi connectivity index (χ3n) is 3.33. The lowest BCUT2D eigenvalue weighted by molar-refractivity contribution is -0.139. The second kappa shape index (κ2) is 4.12. The van der Waals surface area contributed by atoms with Crippen molar-refractivity contribution in [3.05, 3.63) is 0 Å². The van der Waals surface area contributed by atoms with Gasteiger partial charge in [-0.1, -0.05) is 0 Å². The summed E-state index contributed by atoms with van der Waals surface area (Å²) >= 11 is 0. The summed E-state index contributed by atoms with van der Waals surface area (Å²) in [6.07, 6.45) is 1.09. The van der Waals surface area contributed by atoms with Crippen molar-refractivity contribution in [1.82, 2.24) is 10.2 Å². The van der Waals surface area contributed by atoms with Gasteiger partial charge in [0.2, 0.25) is 0 Å².